The van der Waals surface area contributed by atoms with E-state index in [1.54, 1.807) is 27.7 Å². The van der Waals surface area contributed by atoms with Gasteiger partial charge in [0.15, 0.2) is 0 Å². The van der Waals surface area contributed by atoms with Crippen LogP contribution in [0.3, 0.4) is 0 Å². The molecule has 1 aliphatic carbocycles. The van der Waals surface area contributed by atoms with E-state index in [2.05, 4.69) is 5.43 Å². The van der Waals surface area contributed by atoms with Crippen LogP contribution in [0.15, 0.2) is 0 Å². The fourth-order valence-electron chi connectivity index (χ4n) is 2.13. The van der Waals surface area contributed by atoms with Crippen molar-refractivity contribution in [2.24, 2.45) is 5.92 Å². The zero-order chi connectivity index (χ0) is 16.0. The molecule has 0 heterocycles. The first-order valence-corrected chi connectivity index (χ1v) is 7.33. The summed E-state index contributed by atoms with van der Waals surface area (Å²) >= 11 is 0. The van der Waals surface area contributed by atoms with Gasteiger partial charge in [-0.05, 0) is 40.5 Å². The number of nitrogens with zero attached hydrogens (tertiary/aromatic N) is 1. The van der Waals surface area contributed by atoms with E-state index in [0.29, 0.717) is 17.9 Å². The van der Waals surface area contributed by atoms with Crippen LogP contribution in [0.1, 0.15) is 53.4 Å². The van der Waals surface area contributed by atoms with Crippen LogP contribution in [0.25, 0.3) is 0 Å². The molecule has 0 radical (unpaired) electrons. The van der Waals surface area contributed by atoms with Gasteiger partial charge in [0, 0.05) is 5.92 Å². The summed E-state index contributed by atoms with van der Waals surface area (Å²) in [6.07, 6.45) is 0.837. The molecule has 0 unspecified atom stereocenters. The molecule has 0 spiro atoms. The smallest absolute Gasteiger partial charge is 0.436 e. The molecule has 120 valence electrons. The molecule has 1 aliphatic rings. The lowest BCUT2D eigenvalue weighted by molar-refractivity contribution is -0.136. The van der Waals surface area contributed by atoms with E-state index in [1.807, 2.05) is 0 Å². The third-order valence-electron chi connectivity index (χ3n) is 2.99. The number of amides is 3. The minimum absolute atomic E-state index is 0.260. The number of imide groups is 1. The minimum atomic E-state index is -0.886. The van der Waals surface area contributed by atoms with Gasteiger partial charge in [-0.25, -0.2) is 15.0 Å². The second-order valence-corrected chi connectivity index (χ2v) is 5.65. The molecule has 0 aromatic carbocycles. The van der Waals surface area contributed by atoms with E-state index >= 15 is 0 Å². The molecule has 1 fully saturated rings. The summed E-state index contributed by atoms with van der Waals surface area (Å²) < 4.78 is 9.89. The van der Waals surface area contributed by atoms with E-state index in [9.17, 15) is 14.4 Å². The maximum atomic E-state index is 12.3. The fourth-order valence-corrected chi connectivity index (χ4v) is 2.13. The number of nitrogens with one attached hydrogen (secondary N) is 1. The van der Waals surface area contributed by atoms with Gasteiger partial charge >= 0.3 is 12.2 Å². The average Bonchev–Trinajstić information content (AvgIpc) is 2.86. The molecule has 1 N–H and O–H groups in total. The molecular weight excluding hydrogens is 276 g/mol. The van der Waals surface area contributed by atoms with Gasteiger partial charge in [0.25, 0.3) is 5.91 Å². The Morgan fingerprint density at radius 2 is 1.52 bits per heavy atom. The van der Waals surface area contributed by atoms with Gasteiger partial charge in [0.05, 0.1) is 12.2 Å². The van der Waals surface area contributed by atoms with Crippen LogP contribution in [0.2, 0.25) is 0 Å². The molecule has 0 atom stereocenters. The van der Waals surface area contributed by atoms with Crippen LogP contribution in [0.5, 0.6) is 0 Å². The second-order valence-electron chi connectivity index (χ2n) is 5.65. The highest BCUT2D eigenvalue weighted by molar-refractivity contribution is 5.94. The standard InChI is InChI=1S/C14H24N2O5/c1-9(2)20-13(18)15-16(14(19)21-10(3)4)12(17)11-7-5-6-8-11/h9-11H,5-8H2,1-4H3,(H,15,18). The fraction of sp³-hybridized carbons (Fsp3) is 0.786. The first kappa shape index (κ1) is 17.3. The van der Waals surface area contributed by atoms with Crippen LogP contribution < -0.4 is 5.43 Å². The summed E-state index contributed by atoms with van der Waals surface area (Å²) in [4.78, 5) is 36.0. The van der Waals surface area contributed by atoms with Crippen LogP contribution >= 0.6 is 0 Å². The average molecular weight is 300 g/mol. The Hall–Kier alpha value is -1.79. The van der Waals surface area contributed by atoms with E-state index in [0.717, 1.165) is 12.8 Å². The van der Waals surface area contributed by atoms with Crippen LogP contribution in [0, 0.1) is 5.92 Å². The van der Waals surface area contributed by atoms with Gasteiger partial charge < -0.3 is 9.47 Å². The topological polar surface area (TPSA) is 84.9 Å². The molecule has 7 heteroatoms. The molecule has 21 heavy (non-hydrogen) atoms. The van der Waals surface area contributed by atoms with Crippen molar-refractivity contribution in [1.82, 2.24) is 10.4 Å². The first-order chi connectivity index (χ1) is 9.81. The van der Waals surface area contributed by atoms with Crippen LogP contribution in [-0.2, 0) is 14.3 Å². The Kier molecular flexibility index (Phi) is 6.45. The van der Waals surface area contributed by atoms with Gasteiger partial charge in [-0.2, -0.15) is 0 Å². The summed E-state index contributed by atoms with van der Waals surface area (Å²) in [5.74, 6) is -0.706. The van der Waals surface area contributed by atoms with E-state index in [4.69, 9.17) is 9.47 Å². The molecule has 0 aromatic heterocycles. The number of rotatable bonds is 3. The normalized spacial score (nSPS) is 15.1. The van der Waals surface area contributed by atoms with Gasteiger partial charge in [-0.3, -0.25) is 4.79 Å². The summed E-state index contributed by atoms with van der Waals surface area (Å²) in [6, 6.07) is 0. The lowest BCUT2D eigenvalue weighted by Crippen LogP contribution is -2.52. The van der Waals surface area contributed by atoms with Crippen molar-refractivity contribution in [2.45, 2.75) is 65.6 Å². The summed E-state index contributed by atoms with van der Waals surface area (Å²) in [5.41, 5.74) is 2.18. The molecule has 1 saturated carbocycles. The SMILES string of the molecule is CC(C)OC(=O)NN(C(=O)OC(C)C)C(=O)C1CCCC1. The van der Waals surface area contributed by atoms with Crippen LogP contribution in [0.4, 0.5) is 9.59 Å². The van der Waals surface area contributed by atoms with Gasteiger partial charge in [-0.15, -0.1) is 5.01 Å². The quantitative estimate of drug-likeness (QED) is 0.810. The highest BCUT2D eigenvalue weighted by atomic mass is 16.6. The molecule has 0 saturated heterocycles. The number of hydrazine groups is 1. The van der Waals surface area contributed by atoms with Crippen molar-refractivity contribution in [3.8, 4) is 0 Å². The summed E-state index contributed by atoms with van der Waals surface area (Å²) in [5, 5.41) is 0.640. The maximum Gasteiger partial charge on any atom is 0.436 e. The van der Waals surface area contributed by atoms with Crippen molar-refractivity contribution in [2.75, 3.05) is 0 Å². The molecule has 0 aliphatic heterocycles. The number of carbonyl (C=O) groups is 3. The van der Waals surface area contributed by atoms with Crippen molar-refractivity contribution in [3.63, 3.8) is 0 Å². The maximum absolute atomic E-state index is 12.3. The monoisotopic (exact) mass is 300 g/mol. The second kappa shape index (κ2) is 7.85. The van der Waals surface area contributed by atoms with Gasteiger partial charge in [-0.1, -0.05) is 12.8 Å². The molecule has 0 aromatic rings. The molecule has 1 rings (SSSR count). The van der Waals surface area contributed by atoms with Crippen molar-refractivity contribution in [3.05, 3.63) is 0 Å². The van der Waals surface area contributed by atoms with E-state index < -0.39 is 18.1 Å². The Morgan fingerprint density at radius 1 is 1.00 bits per heavy atom. The molecule has 7 nitrogen and oxygen atoms in total. The van der Waals surface area contributed by atoms with Crippen molar-refractivity contribution in [1.29, 1.82) is 0 Å². The Labute approximate surface area is 124 Å². The van der Waals surface area contributed by atoms with Crippen molar-refractivity contribution < 1.29 is 23.9 Å². The molecular formula is C14H24N2O5. The summed E-state index contributed by atoms with van der Waals surface area (Å²) in [6.45, 7) is 6.69. The van der Waals surface area contributed by atoms with E-state index in [1.165, 1.54) is 0 Å². The lowest BCUT2D eigenvalue weighted by atomic mass is 10.1. The largest absolute Gasteiger partial charge is 0.446 e. The van der Waals surface area contributed by atoms with Crippen molar-refractivity contribution >= 4 is 18.1 Å². The lowest BCUT2D eigenvalue weighted by Gasteiger charge is -2.24. The number of hydrogen-bond donors (Lipinski definition) is 1. The zero-order valence-electron chi connectivity index (χ0n) is 13.0. The Bertz CT molecular complexity index is 389. The third-order valence-corrected chi connectivity index (χ3v) is 2.99. The molecule has 0 bridgehead atoms. The third kappa shape index (κ3) is 5.61. The number of ether oxygens (including phenoxy) is 2. The number of carbonyl (C=O) groups excluding carboxylic acids is 3. The highest BCUT2D eigenvalue weighted by Gasteiger charge is 2.34. The Balaban J connectivity index is 2.75. The molecule has 3 amide bonds. The zero-order valence-corrected chi connectivity index (χ0v) is 13.0. The van der Waals surface area contributed by atoms with Crippen LogP contribution in [-0.4, -0.2) is 35.3 Å². The summed E-state index contributed by atoms with van der Waals surface area (Å²) in [7, 11) is 0. The predicted molar refractivity (Wildman–Crippen MR) is 75.2 cm³/mol. The number of hydrogen-bond acceptors (Lipinski definition) is 5. The Morgan fingerprint density at radius 3 is 2.00 bits per heavy atom. The predicted octanol–water partition coefficient (Wildman–Crippen LogP) is 2.60. The highest BCUT2D eigenvalue weighted by Crippen LogP contribution is 2.26. The minimum Gasteiger partial charge on any atom is -0.446 e. The van der Waals surface area contributed by atoms with Gasteiger partial charge in [0.2, 0.25) is 0 Å². The van der Waals surface area contributed by atoms with Gasteiger partial charge in [0.1, 0.15) is 0 Å². The van der Waals surface area contributed by atoms with E-state index in [-0.39, 0.29) is 18.1 Å². The first-order valence-electron chi connectivity index (χ1n) is 7.33.